The molecule has 0 fully saturated rings. The highest BCUT2D eigenvalue weighted by Gasteiger charge is 2.18. The molecule has 8 N–H and O–H groups in total. The van der Waals surface area contributed by atoms with Crippen molar-refractivity contribution in [3.63, 3.8) is 0 Å². The van der Waals surface area contributed by atoms with Crippen LogP contribution in [0, 0.1) is 0 Å². The van der Waals surface area contributed by atoms with Crippen LogP contribution in [0.25, 0.3) is 0 Å². The van der Waals surface area contributed by atoms with E-state index in [4.69, 9.17) is 10.2 Å². The van der Waals surface area contributed by atoms with Gasteiger partial charge in [-0.25, -0.2) is 0 Å². The predicted octanol–water partition coefficient (Wildman–Crippen LogP) is -3.34. The van der Waals surface area contributed by atoms with Gasteiger partial charge in [-0.05, 0) is 12.1 Å². The summed E-state index contributed by atoms with van der Waals surface area (Å²) in [6.07, 6.45) is -4.56. The van der Waals surface area contributed by atoms with Crippen molar-refractivity contribution >= 4 is 11.8 Å². The van der Waals surface area contributed by atoms with Gasteiger partial charge in [0, 0.05) is 19.0 Å². The van der Waals surface area contributed by atoms with Crippen molar-refractivity contribution in [3.8, 4) is 0 Å². The van der Waals surface area contributed by atoms with Crippen molar-refractivity contribution in [1.82, 2.24) is 15.6 Å². The molecule has 1 aromatic heterocycles. The summed E-state index contributed by atoms with van der Waals surface area (Å²) in [6.45, 7) is -1.12. The lowest BCUT2D eigenvalue weighted by Crippen LogP contribution is -2.39. The minimum Gasteiger partial charge on any atom is -0.394 e. The molecule has 0 aliphatic rings. The van der Waals surface area contributed by atoms with Crippen LogP contribution in [0.15, 0.2) is 18.3 Å². The van der Waals surface area contributed by atoms with Crippen molar-refractivity contribution in [2.75, 3.05) is 13.2 Å². The Kier molecular flexibility index (Phi) is 9.05. The average Bonchev–Trinajstić information content (AvgIpc) is 2.61. The second-order valence-electron chi connectivity index (χ2n) is 5.55. The molecule has 2 amide bonds. The van der Waals surface area contributed by atoms with Crippen LogP contribution in [0.1, 0.15) is 33.7 Å². The number of aliphatic hydroxyl groups excluding tert-OH is 6. The van der Waals surface area contributed by atoms with Gasteiger partial charge in [0.15, 0.2) is 0 Å². The van der Waals surface area contributed by atoms with E-state index in [0.29, 0.717) is 0 Å². The van der Waals surface area contributed by atoms with Gasteiger partial charge in [-0.2, -0.15) is 0 Å². The minimum atomic E-state index is -1.39. The molecule has 0 saturated carbocycles. The molecule has 0 aromatic carbocycles. The second kappa shape index (κ2) is 10.8. The zero-order chi connectivity index (χ0) is 19.7. The molecular formula is C15H23N3O8. The smallest absolute Gasteiger partial charge is 0.271 e. The Balaban J connectivity index is 2.59. The molecule has 1 rings (SSSR count). The standard InChI is InChI=1S/C15H23N3O8/c19-6-9(21)3-12(23)17-14(25)8-1-2-11(16-5-8)15(26)18-13(24)4-10(22)7-20/h1-2,5,9-10,12-13,19-24H,3-4,6-7H2,(H,17,25)(H,18,26). The highest BCUT2D eigenvalue weighted by atomic mass is 16.3. The maximum absolute atomic E-state index is 11.9. The first-order valence-corrected chi connectivity index (χ1v) is 7.78. The Morgan fingerprint density at radius 2 is 1.38 bits per heavy atom. The van der Waals surface area contributed by atoms with Gasteiger partial charge in [0.05, 0.1) is 31.0 Å². The molecule has 0 spiro atoms. The molecule has 1 heterocycles. The molecule has 0 bridgehead atoms. The highest BCUT2D eigenvalue weighted by Crippen LogP contribution is 2.04. The highest BCUT2D eigenvalue weighted by molar-refractivity contribution is 5.96. The van der Waals surface area contributed by atoms with Crippen LogP contribution >= 0.6 is 0 Å². The van der Waals surface area contributed by atoms with E-state index in [-0.39, 0.29) is 24.1 Å². The first-order chi connectivity index (χ1) is 12.3. The number of hydrogen-bond acceptors (Lipinski definition) is 9. The van der Waals surface area contributed by atoms with E-state index in [1.165, 1.54) is 12.1 Å². The zero-order valence-corrected chi connectivity index (χ0v) is 13.8. The number of pyridine rings is 1. The third-order valence-corrected chi connectivity index (χ3v) is 3.27. The summed E-state index contributed by atoms with van der Waals surface area (Å²) in [6, 6.07) is 2.48. The SMILES string of the molecule is O=C(NC(O)CC(O)CO)c1ccc(C(=O)NC(O)CC(O)CO)nc1. The molecule has 0 aliphatic carbocycles. The van der Waals surface area contributed by atoms with Crippen molar-refractivity contribution in [2.24, 2.45) is 0 Å². The van der Waals surface area contributed by atoms with Crippen molar-refractivity contribution < 1.29 is 40.2 Å². The van der Waals surface area contributed by atoms with Crippen molar-refractivity contribution in [1.29, 1.82) is 0 Å². The summed E-state index contributed by atoms with van der Waals surface area (Å²) in [7, 11) is 0. The summed E-state index contributed by atoms with van der Waals surface area (Å²) in [5.41, 5.74) is -0.0642. The first-order valence-electron chi connectivity index (χ1n) is 7.78. The fraction of sp³-hybridized carbons (Fsp3) is 0.533. The van der Waals surface area contributed by atoms with Gasteiger partial charge >= 0.3 is 0 Å². The van der Waals surface area contributed by atoms with Gasteiger partial charge in [0.25, 0.3) is 11.8 Å². The van der Waals surface area contributed by atoms with Crippen LogP contribution < -0.4 is 10.6 Å². The summed E-state index contributed by atoms with van der Waals surface area (Å²) in [4.78, 5) is 27.5. The molecule has 4 unspecified atom stereocenters. The minimum absolute atomic E-state index is 0.0374. The van der Waals surface area contributed by atoms with E-state index >= 15 is 0 Å². The normalized spacial score (nSPS) is 15.6. The van der Waals surface area contributed by atoms with E-state index in [9.17, 15) is 30.0 Å². The lowest BCUT2D eigenvalue weighted by Gasteiger charge is -2.16. The van der Waals surface area contributed by atoms with Crippen LogP contribution in [0.4, 0.5) is 0 Å². The summed E-state index contributed by atoms with van der Waals surface area (Å²) < 4.78 is 0. The third kappa shape index (κ3) is 7.39. The van der Waals surface area contributed by atoms with Crippen LogP contribution in [0.3, 0.4) is 0 Å². The summed E-state index contributed by atoms with van der Waals surface area (Å²) >= 11 is 0. The quantitative estimate of drug-likeness (QED) is 0.194. The number of rotatable bonds is 10. The van der Waals surface area contributed by atoms with Crippen LogP contribution in [0.2, 0.25) is 0 Å². The second-order valence-corrected chi connectivity index (χ2v) is 5.55. The number of carbonyl (C=O) groups excluding carboxylic acids is 2. The lowest BCUT2D eigenvalue weighted by molar-refractivity contribution is 0.0271. The van der Waals surface area contributed by atoms with Crippen molar-refractivity contribution in [3.05, 3.63) is 29.6 Å². The number of nitrogens with one attached hydrogen (secondary N) is 2. The fourth-order valence-corrected chi connectivity index (χ4v) is 1.90. The summed E-state index contributed by atoms with van der Waals surface area (Å²) in [5, 5.41) is 59.2. The fourth-order valence-electron chi connectivity index (χ4n) is 1.90. The number of aromatic nitrogens is 1. The monoisotopic (exact) mass is 373 g/mol. The number of hydrogen-bond donors (Lipinski definition) is 8. The molecule has 0 saturated heterocycles. The summed E-state index contributed by atoms with van der Waals surface area (Å²) in [5.74, 6) is -1.45. The van der Waals surface area contributed by atoms with E-state index in [2.05, 4.69) is 15.6 Å². The molecule has 26 heavy (non-hydrogen) atoms. The van der Waals surface area contributed by atoms with Crippen molar-refractivity contribution in [2.45, 2.75) is 37.5 Å². The maximum atomic E-state index is 11.9. The molecule has 0 radical (unpaired) electrons. The van der Waals surface area contributed by atoms with Gasteiger partial charge < -0.3 is 41.3 Å². The van der Waals surface area contributed by atoms with Gasteiger partial charge in [-0.15, -0.1) is 0 Å². The lowest BCUT2D eigenvalue weighted by atomic mass is 10.2. The molecule has 146 valence electrons. The molecule has 0 aliphatic heterocycles. The largest absolute Gasteiger partial charge is 0.394 e. The van der Waals surface area contributed by atoms with Gasteiger partial charge in [0.1, 0.15) is 18.1 Å². The number of nitrogens with zero attached hydrogens (tertiary/aromatic N) is 1. The Morgan fingerprint density at radius 1 is 0.885 bits per heavy atom. The molecule has 4 atom stereocenters. The first kappa shape index (κ1) is 21.9. The topological polar surface area (TPSA) is 192 Å². The Labute approximate surface area is 148 Å². The van der Waals surface area contributed by atoms with Crippen LogP contribution in [-0.2, 0) is 0 Å². The average molecular weight is 373 g/mol. The number of aliphatic hydroxyl groups is 6. The number of carbonyl (C=O) groups is 2. The Hall–Kier alpha value is -2.15. The Morgan fingerprint density at radius 3 is 1.81 bits per heavy atom. The Bertz CT molecular complexity index is 532. The van der Waals surface area contributed by atoms with Crippen LogP contribution in [0.5, 0.6) is 0 Å². The van der Waals surface area contributed by atoms with Gasteiger partial charge in [0.2, 0.25) is 0 Å². The maximum Gasteiger partial charge on any atom is 0.271 e. The third-order valence-electron chi connectivity index (χ3n) is 3.27. The van der Waals surface area contributed by atoms with E-state index in [1.807, 2.05) is 0 Å². The van der Waals surface area contributed by atoms with Gasteiger partial charge in [-0.1, -0.05) is 0 Å². The zero-order valence-electron chi connectivity index (χ0n) is 13.8. The molecular weight excluding hydrogens is 350 g/mol. The predicted molar refractivity (Wildman–Crippen MR) is 86.6 cm³/mol. The van der Waals surface area contributed by atoms with Crippen LogP contribution in [-0.4, -0.2) is 85.3 Å². The van der Waals surface area contributed by atoms with E-state index < -0.39 is 49.7 Å². The molecule has 11 nitrogen and oxygen atoms in total. The number of amides is 2. The molecule has 1 aromatic rings. The van der Waals surface area contributed by atoms with Gasteiger partial charge in [-0.3, -0.25) is 14.6 Å². The van der Waals surface area contributed by atoms with E-state index in [0.717, 1.165) is 6.20 Å². The molecule has 11 heteroatoms. The van der Waals surface area contributed by atoms with E-state index in [1.54, 1.807) is 0 Å².